The highest BCUT2D eigenvalue weighted by Gasteiger charge is 2.23. The number of aromatic nitrogens is 2. The Kier molecular flexibility index (Phi) is 8.20. The van der Waals surface area contributed by atoms with E-state index in [4.69, 9.17) is 9.47 Å². The van der Waals surface area contributed by atoms with Crippen LogP contribution in [-0.4, -0.2) is 46.0 Å². The number of nitrogens with one attached hydrogen (secondary N) is 1. The van der Waals surface area contributed by atoms with Crippen molar-refractivity contribution in [2.45, 2.75) is 24.3 Å². The molecule has 5 rings (SSSR count). The molecule has 3 aromatic carbocycles. The topological polar surface area (TPSA) is 93.7 Å². The van der Waals surface area contributed by atoms with Crippen LogP contribution in [0.2, 0.25) is 0 Å². The Morgan fingerprint density at radius 3 is 2.53 bits per heavy atom. The summed E-state index contributed by atoms with van der Waals surface area (Å²) in [6, 6.07) is 25.0. The molecular formula is C28H26N4O4S2. The van der Waals surface area contributed by atoms with Crippen LogP contribution in [0.15, 0.2) is 83.8 Å². The van der Waals surface area contributed by atoms with Crippen LogP contribution in [0.4, 0.5) is 5.13 Å². The number of thioether (sulfide) groups is 1. The molecule has 0 radical (unpaired) electrons. The van der Waals surface area contributed by atoms with E-state index in [1.165, 1.54) is 23.1 Å². The van der Waals surface area contributed by atoms with Gasteiger partial charge in [0.1, 0.15) is 5.01 Å². The number of fused-ring (bicyclic) bond motifs is 1. The quantitative estimate of drug-likeness (QED) is 0.257. The van der Waals surface area contributed by atoms with Gasteiger partial charge in [0, 0.05) is 23.4 Å². The molecule has 1 atom stereocenters. The lowest BCUT2D eigenvalue weighted by atomic mass is 10.1. The van der Waals surface area contributed by atoms with Crippen molar-refractivity contribution >= 4 is 40.0 Å². The summed E-state index contributed by atoms with van der Waals surface area (Å²) in [7, 11) is 0. The van der Waals surface area contributed by atoms with Crippen LogP contribution < -0.4 is 14.8 Å². The summed E-state index contributed by atoms with van der Waals surface area (Å²) in [5.74, 6) is 1.39. The summed E-state index contributed by atoms with van der Waals surface area (Å²) in [5.41, 5.74) is 1.85. The normalized spacial score (nSPS) is 12.7. The number of anilines is 1. The first-order chi connectivity index (χ1) is 18.6. The smallest absolute Gasteiger partial charge is 0.233 e. The Balaban J connectivity index is 1.21. The van der Waals surface area contributed by atoms with Gasteiger partial charge in [-0.3, -0.25) is 9.59 Å². The van der Waals surface area contributed by atoms with Crippen LogP contribution in [0.25, 0.3) is 10.6 Å². The predicted octanol–water partition coefficient (Wildman–Crippen LogP) is 5.64. The van der Waals surface area contributed by atoms with E-state index in [1.54, 1.807) is 4.90 Å². The van der Waals surface area contributed by atoms with Gasteiger partial charge in [-0.2, -0.15) is 0 Å². The van der Waals surface area contributed by atoms with Gasteiger partial charge in [-0.25, -0.2) is 0 Å². The Labute approximate surface area is 229 Å². The Morgan fingerprint density at radius 2 is 1.74 bits per heavy atom. The van der Waals surface area contributed by atoms with Crippen molar-refractivity contribution in [2.24, 2.45) is 0 Å². The highest BCUT2D eigenvalue weighted by atomic mass is 32.2. The molecule has 10 heteroatoms. The molecule has 0 bridgehead atoms. The van der Waals surface area contributed by atoms with Crippen LogP contribution >= 0.6 is 23.1 Å². The van der Waals surface area contributed by atoms with Crippen LogP contribution in [0, 0.1) is 0 Å². The number of carbonyl (C=O) groups is 2. The van der Waals surface area contributed by atoms with E-state index in [2.05, 4.69) is 15.5 Å². The number of hydrogen-bond acceptors (Lipinski definition) is 8. The van der Waals surface area contributed by atoms with Gasteiger partial charge >= 0.3 is 0 Å². The molecule has 1 aromatic heterocycles. The molecule has 38 heavy (non-hydrogen) atoms. The summed E-state index contributed by atoms with van der Waals surface area (Å²) in [5, 5.41) is 12.2. The number of carbonyl (C=O) groups excluding carboxylic acids is 2. The summed E-state index contributed by atoms with van der Waals surface area (Å²) in [4.78, 5) is 28.9. The summed E-state index contributed by atoms with van der Waals surface area (Å²) >= 11 is 2.76. The molecule has 194 valence electrons. The second-order valence-electron chi connectivity index (χ2n) is 8.55. The Morgan fingerprint density at radius 1 is 1.00 bits per heavy atom. The summed E-state index contributed by atoms with van der Waals surface area (Å²) in [6.45, 7) is 2.47. The lowest BCUT2D eigenvalue weighted by molar-refractivity contribution is -0.131. The SMILES string of the molecule is CC(c1ccccc1)N(CCC(=O)Nc1nnc(-c2ccc3c(c2)OCO3)s1)C(=O)CSc1ccccc1. The fraction of sp³-hybridized carbons (Fsp3) is 0.214. The molecule has 1 aliphatic rings. The molecule has 2 amide bonds. The molecule has 8 nitrogen and oxygen atoms in total. The van der Waals surface area contributed by atoms with E-state index in [9.17, 15) is 9.59 Å². The number of benzene rings is 3. The largest absolute Gasteiger partial charge is 0.454 e. The van der Waals surface area contributed by atoms with Crippen molar-refractivity contribution in [3.05, 3.63) is 84.4 Å². The zero-order valence-corrected chi connectivity index (χ0v) is 22.3. The van der Waals surface area contributed by atoms with Gasteiger partial charge in [0.25, 0.3) is 0 Å². The number of nitrogens with zero attached hydrogens (tertiary/aromatic N) is 3. The van der Waals surface area contributed by atoms with Crippen molar-refractivity contribution in [3.8, 4) is 22.1 Å². The standard InChI is InChI=1S/C28H26N4O4S2/c1-19(20-8-4-2-5-9-20)32(26(34)17-37-22-10-6-3-7-11-22)15-14-25(33)29-28-31-30-27(38-28)21-12-13-23-24(16-21)36-18-35-23/h2-13,16,19H,14-15,17-18H2,1H3,(H,29,31,33). The van der Waals surface area contributed by atoms with Gasteiger partial charge in [-0.1, -0.05) is 59.9 Å². The lowest BCUT2D eigenvalue weighted by Gasteiger charge is -2.29. The van der Waals surface area contributed by atoms with E-state index in [0.717, 1.165) is 16.0 Å². The van der Waals surface area contributed by atoms with E-state index in [-0.39, 0.29) is 43.4 Å². The number of amides is 2. The third kappa shape index (κ3) is 6.32. The molecule has 0 saturated heterocycles. The molecule has 0 spiro atoms. The van der Waals surface area contributed by atoms with Gasteiger partial charge < -0.3 is 19.7 Å². The molecule has 1 aliphatic heterocycles. The fourth-order valence-corrected chi connectivity index (χ4v) is 5.58. The average molecular weight is 547 g/mol. The molecule has 4 aromatic rings. The zero-order valence-electron chi connectivity index (χ0n) is 20.7. The molecule has 0 saturated carbocycles. The minimum Gasteiger partial charge on any atom is -0.454 e. The van der Waals surface area contributed by atoms with Crippen molar-refractivity contribution in [3.63, 3.8) is 0 Å². The molecule has 1 unspecified atom stereocenters. The first-order valence-electron chi connectivity index (χ1n) is 12.1. The predicted molar refractivity (Wildman–Crippen MR) is 148 cm³/mol. The first kappa shape index (κ1) is 25.7. The molecule has 0 aliphatic carbocycles. The molecular weight excluding hydrogens is 520 g/mol. The van der Waals surface area contributed by atoms with Gasteiger partial charge in [0.15, 0.2) is 11.5 Å². The van der Waals surface area contributed by atoms with Crippen LogP contribution in [0.3, 0.4) is 0 Å². The lowest BCUT2D eigenvalue weighted by Crippen LogP contribution is -2.37. The zero-order chi connectivity index (χ0) is 26.3. The molecule has 2 heterocycles. The summed E-state index contributed by atoms with van der Waals surface area (Å²) < 4.78 is 10.8. The Hall–Kier alpha value is -3.89. The second-order valence-corrected chi connectivity index (χ2v) is 10.6. The molecule has 0 fully saturated rings. The monoisotopic (exact) mass is 546 g/mol. The van der Waals surface area contributed by atoms with Gasteiger partial charge in [-0.15, -0.1) is 22.0 Å². The fourth-order valence-electron chi connectivity index (χ4n) is 4.01. The van der Waals surface area contributed by atoms with Gasteiger partial charge in [-0.05, 0) is 42.8 Å². The first-order valence-corrected chi connectivity index (χ1v) is 13.9. The number of ether oxygens (including phenoxy) is 2. The third-order valence-electron chi connectivity index (χ3n) is 6.05. The van der Waals surface area contributed by atoms with Crippen molar-refractivity contribution < 1.29 is 19.1 Å². The van der Waals surface area contributed by atoms with Crippen LogP contribution in [-0.2, 0) is 9.59 Å². The van der Waals surface area contributed by atoms with Crippen LogP contribution in [0.5, 0.6) is 11.5 Å². The highest BCUT2D eigenvalue weighted by Crippen LogP contribution is 2.37. The van der Waals surface area contributed by atoms with E-state index < -0.39 is 0 Å². The van der Waals surface area contributed by atoms with E-state index in [0.29, 0.717) is 21.6 Å². The maximum absolute atomic E-state index is 13.3. The second kappa shape index (κ2) is 12.1. The molecule has 1 N–H and O–H groups in total. The van der Waals surface area contributed by atoms with Crippen molar-refractivity contribution in [2.75, 3.05) is 24.4 Å². The highest BCUT2D eigenvalue weighted by molar-refractivity contribution is 8.00. The van der Waals surface area contributed by atoms with E-state index in [1.807, 2.05) is 85.8 Å². The Bertz CT molecular complexity index is 1400. The maximum atomic E-state index is 13.3. The summed E-state index contributed by atoms with van der Waals surface area (Å²) in [6.07, 6.45) is 0.137. The minimum atomic E-state index is -0.229. The van der Waals surface area contributed by atoms with Crippen LogP contribution in [0.1, 0.15) is 24.9 Å². The average Bonchev–Trinajstić information content (AvgIpc) is 3.62. The number of hydrogen-bond donors (Lipinski definition) is 1. The van der Waals surface area contributed by atoms with Gasteiger partial charge in [0.2, 0.25) is 23.7 Å². The third-order valence-corrected chi connectivity index (χ3v) is 7.93. The van der Waals surface area contributed by atoms with E-state index >= 15 is 0 Å². The number of rotatable bonds is 10. The van der Waals surface area contributed by atoms with Crippen molar-refractivity contribution in [1.82, 2.24) is 15.1 Å². The van der Waals surface area contributed by atoms with Gasteiger partial charge in [0.05, 0.1) is 11.8 Å². The minimum absolute atomic E-state index is 0.0241. The maximum Gasteiger partial charge on any atom is 0.233 e. The van der Waals surface area contributed by atoms with Crippen molar-refractivity contribution in [1.29, 1.82) is 0 Å².